The fourth-order valence-electron chi connectivity index (χ4n) is 3.68. The molecule has 1 aromatic heterocycles. The van der Waals surface area contributed by atoms with Crippen LogP contribution in [0.5, 0.6) is 23.0 Å². The molecule has 0 spiro atoms. The number of hydrogen-bond donors (Lipinski definition) is 0. The summed E-state index contributed by atoms with van der Waals surface area (Å²) < 4.78 is 22.7. The summed E-state index contributed by atoms with van der Waals surface area (Å²) in [6.45, 7) is 3.64. The van der Waals surface area contributed by atoms with Crippen LogP contribution in [0, 0.1) is 0 Å². The van der Waals surface area contributed by atoms with Gasteiger partial charge in [0.25, 0.3) is 0 Å². The lowest BCUT2D eigenvalue weighted by Crippen LogP contribution is -2.54. The SMILES string of the molecule is CCc1ccccc1OC1CN(c2ncnc3c(OC)c(OC)c(OC)cc23)C1. The van der Waals surface area contributed by atoms with Crippen LogP contribution in [0.4, 0.5) is 5.82 Å². The second kappa shape index (κ2) is 8.03. The number of ether oxygens (including phenoxy) is 4. The first-order chi connectivity index (χ1) is 14.2. The molecule has 29 heavy (non-hydrogen) atoms. The Kier molecular flexibility index (Phi) is 5.29. The van der Waals surface area contributed by atoms with Gasteiger partial charge in [0.1, 0.15) is 29.5 Å². The summed E-state index contributed by atoms with van der Waals surface area (Å²) >= 11 is 0. The molecule has 2 heterocycles. The van der Waals surface area contributed by atoms with Crippen LogP contribution >= 0.6 is 0 Å². The van der Waals surface area contributed by atoms with Crippen molar-refractivity contribution >= 4 is 16.7 Å². The van der Waals surface area contributed by atoms with E-state index < -0.39 is 0 Å². The van der Waals surface area contributed by atoms with Crippen molar-refractivity contribution in [3.63, 3.8) is 0 Å². The molecule has 1 saturated heterocycles. The predicted molar refractivity (Wildman–Crippen MR) is 112 cm³/mol. The number of benzene rings is 2. The number of nitrogens with zero attached hydrogens (tertiary/aromatic N) is 3. The van der Waals surface area contributed by atoms with Gasteiger partial charge in [0, 0.05) is 0 Å². The topological polar surface area (TPSA) is 65.9 Å². The van der Waals surface area contributed by atoms with Crippen LogP contribution in [0.1, 0.15) is 12.5 Å². The van der Waals surface area contributed by atoms with E-state index in [1.54, 1.807) is 27.7 Å². The molecule has 0 amide bonds. The van der Waals surface area contributed by atoms with Crippen LogP contribution in [-0.2, 0) is 6.42 Å². The minimum atomic E-state index is 0.120. The van der Waals surface area contributed by atoms with E-state index in [4.69, 9.17) is 18.9 Å². The molecule has 0 N–H and O–H groups in total. The molecule has 1 fully saturated rings. The predicted octanol–water partition coefficient (Wildman–Crippen LogP) is 3.49. The van der Waals surface area contributed by atoms with Gasteiger partial charge in [-0.05, 0) is 24.1 Å². The zero-order valence-electron chi connectivity index (χ0n) is 17.1. The first-order valence-electron chi connectivity index (χ1n) is 9.63. The first kappa shape index (κ1) is 19.1. The Morgan fingerprint density at radius 2 is 1.72 bits per heavy atom. The molecule has 7 nitrogen and oxygen atoms in total. The average Bonchev–Trinajstić information content (AvgIpc) is 2.74. The molecule has 4 rings (SSSR count). The van der Waals surface area contributed by atoms with Crippen LogP contribution in [0.15, 0.2) is 36.7 Å². The minimum absolute atomic E-state index is 0.120. The molecule has 0 radical (unpaired) electrons. The lowest BCUT2D eigenvalue weighted by atomic mass is 10.1. The highest BCUT2D eigenvalue weighted by atomic mass is 16.5. The van der Waals surface area contributed by atoms with Gasteiger partial charge in [-0.15, -0.1) is 0 Å². The molecule has 1 aliphatic rings. The van der Waals surface area contributed by atoms with E-state index in [0.29, 0.717) is 22.8 Å². The van der Waals surface area contributed by atoms with Crippen LogP contribution in [-0.4, -0.2) is 50.5 Å². The van der Waals surface area contributed by atoms with E-state index in [1.807, 2.05) is 24.3 Å². The monoisotopic (exact) mass is 395 g/mol. The van der Waals surface area contributed by atoms with Crippen LogP contribution < -0.4 is 23.8 Å². The second-order valence-corrected chi connectivity index (χ2v) is 6.84. The van der Waals surface area contributed by atoms with Crippen LogP contribution in [0.2, 0.25) is 0 Å². The quantitative estimate of drug-likeness (QED) is 0.607. The van der Waals surface area contributed by atoms with Gasteiger partial charge < -0.3 is 23.8 Å². The number of hydrogen-bond acceptors (Lipinski definition) is 7. The van der Waals surface area contributed by atoms with Gasteiger partial charge in [0.15, 0.2) is 11.5 Å². The Labute approximate surface area is 170 Å². The largest absolute Gasteiger partial charge is 0.493 e. The first-order valence-corrected chi connectivity index (χ1v) is 9.63. The summed E-state index contributed by atoms with van der Waals surface area (Å²) in [6, 6.07) is 10.1. The molecule has 0 bridgehead atoms. The average molecular weight is 395 g/mol. The van der Waals surface area contributed by atoms with Gasteiger partial charge in [-0.3, -0.25) is 0 Å². The van der Waals surface area contributed by atoms with Gasteiger partial charge in [-0.2, -0.15) is 0 Å². The molecule has 1 aliphatic heterocycles. The number of anilines is 1. The number of aromatic nitrogens is 2. The fourth-order valence-corrected chi connectivity index (χ4v) is 3.68. The van der Waals surface area contributed by atoms with Gasteiger partial charge in [-0.25, -0.2) is 9.97 Å². The number of methoxy groups -OCH3 is 3. The Morgan fingerprint density at radius 3 is 2.41 bits per heavy atom. The maximum Gasteiger partial charge on any atom is 0.205 e. The molecule has 0 aliphatic carbocycles. The zero-order valence-corrected chi connectivity index (χ0v) is 17.1. The fraction of sp³-hybridized carbons (Fsp3) is 0.364. The highest BCUT2D eigenvalue weighted by molar-refractivity contribution is 5.97. The Balaban J connectivity index is 1.61. The van der Waals surface area contributed by atoms with Crippen molar-refractivity contribution in [2.45, 2.75) is 19.4 Å². The highest BCUT2D eigenvalue weighted by Crippen LogP contribution is 2.44. The smallest absolute Gasteiger partial charge is 0.205 e. The molecule has 0 unspecified atom stereocenters. The van der Waals surface area contributed by atoms with Crippen molar-refractivity contribution in [3.05, 3.63) is 42.2 Å². The maximum absolute atomic E-state index is 6.21. The molecule has 0 saturated carbocycles. The summed E-state index contributed by atoms with van der Waals surface area (Å²) in [7, 11) is 4.78. The van der Waals surface area contributed by atoms with Crippen LogP contribution in [0.25, 0.3) is 10.9 Å². The zero-order chi connectivity index (χ0) is 20.4. The minimum Gasteiger partial charge on any atom is -0.493 e. The van der Waals surface area contributed by atoms with Gasteiger partial charge in [0.05, 0.1) is 39.8 Å². The van der Waals surface area contributed by atoms with Crippen molar-refractivity contribution < 1.29 is 18.9 Å². The molecule has 2 aromatic carbocycles. The maximum atomic E-state index is 6.21. The summed E-state index contributed by atoms with van der Waals surface area (Å²) in [5.74, 6) is 3.43. The number of fused-ring (bicyclic) bond motifs is 1. The molecular formula is C22H25N3O4. The lowest BCUT2D eigenvalue weighted by Gasteiger charge is -2.40. The molecule has 152 valence electrons. The van der Waals surface area contributed by atoms with E-state index >= 15 is 0 Å². The van der Waals surface area contributed by atoms with Crippen molar-refractivity contribution in [2.75, 3.05) is 39.3 Å². The van der Waals surface area contributed by atoms with Gasteiger partial charge >= 0.3 is 0 Å². The number of para-hydroxylation sites is 1. The highest BCUT2D eigenvalue weighted by Gasteiger charge is 2.32. The van der Waals surface area contributed by atoms with E-state index in [-0.39, 0.29) is 6.10 Å². The molecular weight excluding hydrogens is 370 g/mol. The third-order valence-electron chi connectivity index (χ3n) is 5.21. The lowest BCUT2D eigenvalue weighted by molar-refractivity contribution is 0.165. The molecule has 0 atom stereocenters. The Bertz CT molecular complexity index is 1020. The van der Waals surface area contributed by atoms with E-state index in [0.717, 1.165) is 36.5 Å². The van der Waals surface area contributed by atoms with Gasteiger partial charge in [0.2, 0.25) is 5.75 Å². The van der Waals surface area contributed by atoms with Crippen molar-refractivity contribution in [1.82, 2.24) is 9.97 Å². The van der Waals surface area contributed by atoms with Crippen molar-refractivity contribution in [2.24, 2.45) is 0 Å². The van der Waals surface area contributed by atoms with E-state index in [1.165, 1.54) is 5.56 Å². The third-order valence-corrected chi connectivity index (χ3v) is 5.21. The van der Waals surface area contributed by atoms with Crippen LogP contribution in [0.3, 0.4) is 0 Å². The van der Waals surface area contributed by atoms with Crippen molar-refractivity contribution in [1.29, 1.82) is 0 Å². The second-order valence-electron chi connectivity index (χ2n) is 6.84. The van der Waals surface area contributed by atoms with E-state index in [2.05, 4.69) is 27.9 Å². The molecule has 3 aromatic rings. The number of rotatable bonds is 7. The summed E-state index contributed by atoms with van der Waals surface area (Å²) in [6.07, 6.45) is 2.62. The summed E-state index contributed by atoms with van der Waals surface area (Å²) in [4.78, 5) is 11.1. The van der Waals surface area contributed by atoms with Gasteiger partial charge in [-0.1, -0.05) is 25.1 Å². The van der Waals surface area contributed by atoms with Crippen molar-refractivity contribution in [3.8, 4) is 23.0 Å². The number of aryl methyl sites for hydroxylation is 1. The third kappa shape index (κ3) is 3.37. The van der Waals surface area contributed by atoms with E-state index in [9.17, 15) is 0 Å². The molecule has 7 heteroatoms. The summed E-state index contributed by atoms with van der Waals surface area (Å²) in [5, 5.41) is 0.856. The normalized spacial score (nSPS) is 13.9. The summed E-state index contributed by atoms with van der Waals surface area (Å²) in [5.41, 5.74) is 1.91. The Hall–Kier alpha value is -3.22. The Morgan fingerprint density at radius 1 is 0.966 bits per heavy atom. The standard InChI is InChI=1S/C22H25N3O4/c1-5-14-8-6-7-9-17(14)29-15-11-25(12-15)22-16-10-18(26-2)20(27-3)21(28-4)19(16)23-13-24-22/h6-10,13,15H,5,11-12H2,1-4H3.